The van der Waals surface area contributed by atoms with E-state index in [1.807, 2.05) is 12.1 Å². The summed E-state index contributed by atoms with van der Waals surface area (Å²) >= 11 is 2.39. The van der Waals surface area contributed by atoms with Gasteiger partial charge in [-0.05, 0) is 35.0 Å². The molecule has 0 aliphatic carbocycles. The fourth-order valence-electron chi connectivity index (χ4n) is 1.78. The van der Waals surface area contributed by atoms with Gasteiger partial charge >= 0.3 is 11.9 Å². The first-order valence-electron chi connectivity index (χ1n) is 4.98. The van der Waals surface area contributed by atoms with E-state index in [0.29, 0.717) is 9.75 Å². The van der Waals surface area contributed by atoms with E-state index in [2.05, 4.69) is 0 Å². The second-order valence-electron chi connectivity index (χ2n) is 3.76. The quantitative estimate of drug-likeness (QED) is 0.752. The van der Waals surface area contributed by atoms with Crippen molar-refractivity contribution in [2.75, 3.05) is 0 Å². The number of carbonyl (C=O) groups is 2. The van der Waals surface area contributed by atoms with Gasteiger partial charge in [0.2, 0.25) is 0 Å². The number of carboxylic acid groups (broad SMARTS) is 2. The van der Waals surface area contributed by atoms with Crippen LogP contribution in [0.2, 0.25) is 0 Å². The van der Waals surface area contributed by atoms with E-state index in [-0.39, 0.29) is 0 Å². The van der Waals surface area contributed by atoms with E-state index in [1.54, 1.807) is 12.1 Å². The Morgan fingerprint density at radius 2 is 1.17 bits per heavy atom. The van der Waals surface area contributed by atoms with Gasteiger partial charge in [0, 0.05) is 9.40 Å². The van der Waals surface area contributed by atoms with Crippen molar-refractivity contribution in [1.82, 2.24) is 0 Å². The molecule has 18 heavy (non-hydrogen) atoms. The van der Waals surface area contributed by atoms with Crippen molar-refractivity contribution < 1.29 is 19.8 Å². The first-order valence-corrected chi connectivity index (χ1v) is 6.61. The lowest BCUT2D eigenvalue weighted by Gasteiger charge is -1.89. The van der Waals surface area contributed by atoms with Crippen LogP contribution >= 0.6 is 22.7 Å². The third kappa shape index (κ3) is 1.66. The molecule has 0 aliphatic heterocycles. The summed E-state index contributed by atoms with van der Waals surface area (Å²) < 4.78 is 1.71. The van der Waals surface area contributed by atoms with Gasteiger partial charge in [-0.15, -0.1) is 22.7 Å². The molecule has 0 atom stereocenters. The van der Waals surface area contributed by atoms with E-state index < -0.39 is 11.9 Å². The van der Waals surface area contributed by atoms with Gasteiger partial charge in [0.05, 0.1) is 0 Å². The Hall–Kier alpha value is -1.92. The van der Waals surface area contributed by atoms with Crippen LogP contribution in [0.5, 0.6) is 0 Å². The molecule has 2 aromatic heterocycles. The monoisotopic (exact) mass is 278 g/mol. The maximum Gasteiger partial charge on any atom is 0.345 e. The molecule has 90 valence electrons. The number of hydrogen-bond acceptors (Lipinski definition) is 4. The van der Waals surface area contributed by atoms with Gasteiger partial charge in [-0.2, -0.15) is 0 Å². The minimum atomic E-state index is -0.939. The van der Waals surface area contributed by atoms with Crippen molar-refractivity contribution in [2.24, 2.45) is 0 Å². The third-order valence-corrected chi connectivity index (χ3v) is 4.75. The Labute approximate surface area is 109 Å². The Balaban J connectivity index is 2.27. The van der Waals surface area contributed by atoms with Gasteiger partial charge in [-0.3, -0.25) is 0 Å². The molecule has 0 spiro atoms. The summed E-state index contributed by atoms with van der Waals surface area (Å²) in [5.74, 6) is -1.88. The molecule has 6 heteroatoms. The minimum absolute atomic E-state index is 0.293. The van der Waals surface area contributed by atoms with Gasteiger partial charge in [0.15, 0.2) is 0 Å². The molecule has 4 nitrogen and oxygen atoms in total. The van der Waals surface area contributed by atoms with E-state index in [9.17, 15) is 9.59 Å². The normalized spacial score (nSPS) is 11.1. The topological polar surface area (TPSA) is 74.6 Å². The van der Waals surface area contributed by atoms with Gasteiger partial charge < -0.3 is 10.2 Å². The van der Waals surface area contributed by atoms with E-state index in [0.717, 1.165) is 20.2 Å². The predicted molar refractivity (Wildman–Crippen MR) is 71.1 cm³/mol. The Morgan fingerprint density at radius 1 is 0.778 bits per heavy atom. The van der Waals surface area contributed by atoms with Crippen molar-refractivity contribution in [3.63, 3.8) is 0 Å². The second-order valence-corrected chi connectivity index (χ2v) is 5.93. The van der Waals surface area contributed by atoms with Gasteiger partial charge in [0.25, 0.3) is 0 Å². The number of thiophene rings is 2. The number of hydrogen-bond donors (Lipinski definition) is 2. The van der Waals surface area contributed by atoms with Crippen LogP contribution in [0, 0.1) is 0 Å². The smallest absolute Gasteiger partial charge is 0.345 e. The van der Waals surface area contributed by atoms with Crippen LogP contribution in [0.3, 0.4) is 0 Å². The Kier molecular flexibility index (Phi) is 2.36. The van der Waals surface area contributed by atoms with Crippen LogP contribution < -0.4 is 0 Å². The summed E-state index contributed by atoms with van der Waals surface area (Å²) in [6, 6.07) is 6.90. The van der Waals surface area contributed by atoms with Crippen molar-refractivity contribution in [1.29, 1.82) is 0 Å². The van der Waals surface area contributed by atoms with E-state index in [4.69, 9.17) is 10.2 Å². The Bertz CT molecular complexity index is 682. The average molecular weight is 278 g/mol. The molecular formula is C12H6O4S2. The number of carboxylic acids is 2. The molecule has 0 unspecified atom stereocenters. The SMILES string of the molecule is O=C(O)c1cc2cc3sc(C(=O)O)cc3cc2s1. The largest absolute Gasteiger partial charge is 0.477 e. The van der Waals surface area contributed by atoms with E-state index >= 15 is 0 Å². The summed E-state index contributed by atoms with van der Waals surface area (Å²) in [7, 11) is 0. The van der Waals surface area contributed by atoms with E-state index in [1.165, 1.54) is 22.7 Å². The highest BCUT2D eigenvalue weighted by Gasteiger charge is 2.12. The fraction of sp³-hybridized carbons (Fsp3) is 0. The van der Waals surface area contributed by atoms with Crippen LogP contribution in [-0.4, -0.2) is 22.2 Å². The minimum Gasteiger partial charge on any atom is -0.477 e. The fourth-order valence-corrected chi connectivity index (χ4v) is 3.65. The summed E-state index contributed by atoms with van der Waals surface area (Å²) in [4.78, 5) is 22.3. The molecule has 3 rings (SSSR count). The molecule has 0 amide bonds. The summed E-state index contributed by atoms with van der Waals surface area (Å²) in [5.41, 5.74) is 0. The zero-order valence-electron chi connectivity index (χ0n) is 8.84. The zero-order chi connectivity index (χ0) is 12.9. The number of aromatic carboxylic acids is 2. The molecule has 2 heterocycles. The first-order chi connectivity index (χ1) is 8.54. The van der Waals surface area contributed by atoms with Crippen molar-refractivity contribution in [3.8, 4) is 0 Å². The summed E-state index contributed by atoms with van der Waals surface area (Å²) in [5, 5.41) is 19.5. The van der Waals surface area contributed by atoms with Crippen LogP contribution in [0.25, 0.3) is 20.2 Å². The molecule has 0 radical (unpaired) electrons. The standard InChI is InChI=1S/C12H6O4S2/c13-11(14)9-3-5-1-7-6(2-8(5)18-9)4-10(17-7)12(15)16/h1-4H,(H,13,14)(H,15,16). The van der Waals surface area contributed by atoms with Crippen LogP contribution in [-0.2, 0) is 0 Å². The molecule has 2 N–H and O–H groups in total. The number of benzene rings is 1. The highest BCUT2D eigenvalue weighted by atomic mass is 32.1. The molecule has 3 aromatic rings. The maximum absolute atomic E-state index is 10.9. The molecule has 0 bridgehead atoms. The van der Waals surface area contributed by atoms with Crippen LogP contribution in [0.1, 0.15) is 19.3 Å². The maximum atomic E-state index is 10.9. The van der Waals surface area contributed by atoms with Crippen molar-refractivity contribution >= 4 is 54.8 Å². The van der Waals surface area contributed by atoms with Gasteiger partial charge in [-0.1, -0.05) is 0 Å². The molecule has 1 aromatic carbocycles. The lowest BCUT2D eigenvalue weighted by atomic mass is 10.2. The molecule has 0 fully saturated rings. The van der Waals surface area contributed by atoms with Crippen LogP contribution in [0.15, 0.2) is 24.3 Å². The van der Waals surface area contributed by atoms with Crippen molar-refractivity contribution in [3.05, 3.63) is 34.0 Å². The molecule has 0 aliphatic rings. The second kappa shape index (κ2) is 3.79. The highest BCUT2D eigenvalue weighted by molar-refractivity contribution is 7.22. The zero-order valence-corrected chi connectivity index (χ0v) is 10.5. The molecule has 0 saturated heterocycles. The lowest BCUT2D eigenvalue weighted by molar-refractivity contribution is 0.0691. The summed E-state index contributed by atoms with van der Waals surface area (Å²) in [6.45, 7) is 0. The Morgan fingerprint density at radius 3 is 1.50 bits per heavy atom. The molecular weight excluding hydrogens is 272 g/mol. The first kappa shape index (κ1) is 11.2. The van der Waals surface area contributed by atoms with Gasteiger partial charge in [0.1, 0.15) is 9.75 Å². The molecule has 0 saturated carbocycles. The van der Waals surface area contributed by atoms with Gasteiger partial charge in [-0.25, -0.2) is 9.59 Å². The average Bonchev–Trinajstić information content (AvgIpc) is 2.87. The van der Waals surface area contributed by atoms with Crippen molar-refractivity contribution in [2.45, 2.75) is 0 Å². The third-order valence-electron chi connectivity index (χ3n) is 2.58. The highest BCUT2D eigenvalue weighted by Crippen LogP contribution is 2.34. The summed E-state index contributed by atoms with van der Waals surface area (Å²) in [6.07, 6.45) is 0. The lowest BCUT2D eigenvalue weighted by Crippen LogP contribution is -1.89. The van der Waals surface area contributed by atoms with Crippen LogP contribution in [0.4, 0.5) is 0 Å². The number of fused-ring (bicyclic) bond motifs is 2. The number of rotatable bonds is 2. The predicted octanol–water partition coefficient (Wildman–Crippen LogP) is 3.51.